The Bertz CT molecular complexity index is 474. The van der Waals surface area contributed by atoms with E-state index in [0.717, 1.165) is 0 Å². The van der Waals surface area contributed by atoms with Gasteiger partial charge in [-0.2, -0.15) is 0 Å². The quantitative estimate of drug-likeness (QED) is 0.764. The van der Waals surface area contributed by atoms with E-state index in [1.165, 1.54) is 19.1 Å². The van der Waals surface area contributed by atoms with Crippen LogP contribution in [-0.2, 0) is 0 Å². The fraction of sp³-hybridized carbons (Fsp3) is 0.500. The molecule has 1 aromatic carbocycles. The minimum atomic E-state index is -0.456. The molecule has 6 nitrogen and oxygen atoms in total. The molecule has 0 aliphatic rings. The SMILES string of the molecule is COc1cc(OC)c(N)c(C(=O)N(C)CCC(C)O)c1. The summed E-state index contributed by atoms with van der Waals surface area (Å²) in [6, 6.07) is 3.21. The lowest BCUT2D eigenvalue weighted by atomic mass is 10.1. The highest BCUT2D eigenvalue weighted by molar-refractivity contribution is 6.00. The highest BCUT2D eigenvalue weighted by Gasteiger charge is 2.19. The maximum absolute atomic E-state index is 12.4. The van der Waals surface area contributed by atoms with E-state index < -0.39 is 6.10 Å². The number of carbonyl (C=O) groups is 1. The number of methoxy groups -OCH3 is 2. The third-order valence-corrected chi connectivity index (χ3v) is 3.03. The Labute approximate surface area is 119 Å². The van der Waals surface area contributed by atoms with Crippen LogP contribution >= 0.6 is 0 Å². The number of anilines is 1. The zero-order valence-corrected chi connectivity index (χ0v) is 12.3. The Morgan fingerprint density at radius 3 is 2.55 bits per heavy atom. The van der Waals surface area contributed by atoms with Gasteiger partial charge in [0, 0.05) is 19.7 Å². The zero-order chi connectivity index (χ0) is 15.3. The van der Waals surface area contributed by atoms with Gasteiger partial charge >= 0.3 is 0 Å². The summed E-state index contributed by atoms with van der Waals surface area (Å²) in [5.74, 6) is 0.667. The molecule has 1 unspecified atom stereocenters. The molecule has 1 amide bonds. The third kappa shape index (κ3) is 3.77. The molecule has 1 atom stereocenters. The summed E-state index contributed by atoms with van der Waals surface area (Å²) >= 11 is 0. The van der Waals surface area contributed by atoms with Crippen LogP contribution in [-0.4, -0.2) is 49.8 Å². The third-order valence-electron chi connectivity index (χ3n) is 3.03. The summed E-state index contributed by atoms with van der Waals surface area (Å²) < 4.78 is 10.3. The van der Waals surface area contributed by atoms with Crippen LogP contribution in [0, 0.1) is 0 Å². The van der Waals surface area contributed by atoms with Crippen molar-refractivity contribution in [3.8, 4) is 11.5 Å². The first-order chi connectivity index (χ1) is 9.40. The summed E-state index contributed by atoms with van der Waals surface area (Å²) in [6.45, 7) is 2.12. The van der Waals surface area contributed by atoms with Crippen LogP contribution in [0.4, 0.5) is 5.69 Å². The van der Waals surface area contributed by atoms with Crippen molar-refractivity contribution in [2.45, 2.75) is 19.4 Å². The van der Waals surface area contributed by atoms with Gasteiger partial charge in [-0.25, -0.2) is 0 Å². The van der Waals surface area contributed by atoms with Gasteiger partial charge in [0.05, 0.1) is 31.6 Å². The van der Waals surface area contributed by atoms with Gasteiger partial charge in [-0.3, -0.25) is 4.79 Å². The number of nitrogen functional groups attached to an aromatic ring is 1. The van der Waals surface area contributed by atoms with Crippen molar-refractivity contribution in [1.29, 1.82) is 0 Å². The highest BCUT2D eigenvalue weighted by atomic mass is 16.5. The van der Waals surface area contributed by atoms with Crippen molar-refractivity contribution < 1.29 is 19.4 Å². The molecule has 0 aromatic heterocycles. The predicted octanol–water partition coefficient (Wildman–Crippen LogP) is 1.13. The molecule has 0 aliphatic carbocycles. The average Bonchev–Trinajstić information content (AvgIpc) is 2.44. The van der Waals surface area contributed by atoms with E-state index in [1.54, 1.807) is 26.1 Å². The number of aliphatic hydroxyl groups excluding tert-OH is 1. The Kier molecular flexibility index (Phi) is 5.64. The Hall–Kier alpha value is -1.95. The number of rotatable bonds is 6. The van der Waals surface area contributed by atoms with Gasteiger partial charge < -0.3 is 25.2 Å². The van der Waals surface area contributed by atoms with Crippen LogP contribution in [0.2, 0.25) is 0 Å². The monoisotopic (exact) mass is 282 g/mol. The standard InChI is InChI=1S/C14H22N2O4/c1-9(17)5-6-16(2)14(18)11-7-10(19-3)8-12(20-4)13(11)15/h7-9,17H,5-6,15H2,1-4H3. The molecule has 0 saturated heterocycles. The largest absolute Gasteiger partial charge is 0.497 e. The minimum absolute atomic E-state index is 0.236. The Morgan fingerprint density at radius 1 is 1.40 bits per heavy atom. The maximum atomic E-state index is 12.4. The fourth-order valence-corrected chi connectivity index (χ4v) is 1.75. The van der Waals surface area contributed by atoms with Crippen molar-refractivity contribution in [3.63, 3.8) is 0 Å². The van der Waals surface area contributed by atoms with E-state index in [0.29, 0.717) is 30.0 Å². The van der Waals surface area contributed by atoms with Gasteiger partial charge in [-0.05, 0) is 19.4 Å². The first-order valence-corrected chi connectivity index (χ1v) is 6.35. The van der Waals surface area contributed by atoms with Gasteiger partial charge in [0.15, 0.2) is 0 Å². The predicted molar refractivity (Wildman–Crippen MR) is 77.2 cm³/mol. The van der Waals surface area contributed by atoms with Gasteiger partial charge in [0.1, 0.15) is 11.5 Å². The van der Waals surface area contributed by atoms with Gasteiger partial charge in [0.2, 0.25) is 0 Å². The van der Waals surface area contributed by atoms with Crippen molar-refractivity contribution in [1.82, 2.24) is 4.90 Å². The van der Waals surface area contributed by atoms with Crippen LogP contribution in [0.25, 0.3) is 0 Å². The zero-order valence-electron chi connectivity index (χ0n) is 12.3. The lowest BCUT2D eigenvalue weighted by Gasteiger charge is -2.20. The van der Waals surface area contributed by atoms with Gasteiger partial charge in [-0.15, -0.1) is 0 Å². The van der Waals surface area contributed by atoms with Crippen LogP contribution < -0.4 is 15.2 Å². The molecule has 0 aliphatic heterocycles. The second-order valence-electron chi connectivity index (χ2n) is 4.66. The fourth-order valence-electron chi connectivity index (χ4n) is 1.75. The number of nitrogens with zero attached hydrogens (tertiary/aromatic N) is 1. The number of aliphatic hydroxyl groups is 1. The van der Waals surface area contributed by atoms with Crippen molar-refractivity contribution in [2.75, 3.05) is 33.5 Å². The molecule has 1 rings (SSSR count). The summed E-state index contributed by atoms with van der Waals surface area (Å²) in [7, 11) is 4.66. The lowest BCUT2D eigenvalue weighted by molar-refractivity contribution is 0.0769. The maximum Gasteiger partial charge on any atom is 0.255 e. The van der Waals surface area contributed by atoms with Crippen molar-refractivity contribution in [3.05, 3.63) is 17.7 Å². The second kappa shape index (κ2) is 7.00. The molecule has 112 valence electrons. The van der Waals surface area contributed by atoms with Gasteiger partial charge in [0.25, 0.3) is 5.91 Å². The normalized spacial score (nSPS) is 11.8. The van der Waals surface area contributed by atoms with Crippen LogP contribution in [0.1, 0.15) is 23.7 Å². The highest BCUT2D eigenvalue weighted by Crippen LogP contribution is 2.31. The molecule has 20 heavy (non-hydrogen) atoms. The molecule has 0 saturated carbocycles. The number of amides is 1. The molecule has 6 heteroatoms. The molecule has 3 N–H and O–H groups in total. The van der Waals surface area contributed by atoms with Crippen molar-refractivity contribution in [2.24, 2.45) is 0 Å². The first kappa shape index (κ1) is 16.1. The Morgan fingerprint density at radius 2 is 2.05 bits per heavy atom. The molecule has 1 aromatic rings. The van der Waals surface area contributed by atoms with Crippen molar-refractivity contribution >= 4 is 11.6 Å². The number of carbonyl (C=O) groups excluding carboxylic acids is 1. The van der Waals surface area contributed by atoms with E-state index in [4.69, 9.17) is 15.2 Å². The molecular weight excluding hydrogens is 260 g/mol. The number of nitrogens with two attached hydrogens (primary N) is 1. The summed E-state index contributed by atoms with van der Waals surface area (Å²) in [4.78, 5) is 13.9. The number of hydrogen-bond acceptors (Lipinski definition) is 5. The topological polar surface area (TPSA) is 85.0 Å². The molecule has 0 heterocycles. The lowest BCUT2D eigenvalue weighted by Crippen LogP contribution is -2.30. The smallest absolute Gasteiger partial charge is 0.255 e. The molecule has 0 spiro atoms. The minimum Gasteiger partial charge on any atom is -0.497 e. The molecule has 0 radical (unpaired) electrons. The number of ether oxygens (including phenoxy) is 2. The number of benzene rings is 1. The molecule has 0 bridgehead atoms. The van der Waals surface area contributed by atoms with Crippen LogP contribution in [0.3, 0.4) is 0 Å². The van der Waals surface area contributed by atoms with Crippen LogP contribution in [0.15, 0.2) is 12.1 Å². The van der Waals surface area contributed by atoms with E-state index in [1.807, 2.05) is 0 Å². The average molecular weight is 282 g/mol. The Balaban J connectivity index is 3.02. The van der Waals surface area contributed by atoms with Crippen LogP contribution in [0.5, 0.6) is 11.5 Å². The van der Waals surface area contributed by atoms with E-state index in [2.05, 4.69) is 0 Å². The van der Waals surface area contributed by atoms with E-state index in [-0.39, 0.29) is 11.6 Å². The van der Waals surface area contributed by atoms with E-state index >= 15 is 0 Å². The second-order valence-corrected chi connectivity index (χ2v) is 4.66. The molecule has 0 fully saturated rings. The first-order valence-electron chi connectivity index (χ1n) is 6.35. The summed E-state index contributed by atoms with van der Waals surface area (Å²) in [5, 5.41) is 9.27. The summed E-state index contributed by atoms with van der Waals surface area (Å²) in [5.41, 5.74) is 6.54. The summed E-state index contributed by atoms with van der Waals surface area (Å²) in [6.07, 6.45) is 0.0472. The van der Waals surface area contributed by atoms with E-state index in [9.17, 15) is 9.90 Å². The van der Waals surface area contributed by atoms with Gasteiger partial charge in [-0.1, -0.05) is 0 Å². The number of hydrogen-bond donors (Lipinski definition) is 2. The molecular formula is C14H22N2O4.